The first-order valence-corrected chi connectivity index (χ1v) is 37.3. The number of hydrogen-bond acceptors (Lipinski definition) is 15. The van der Waals surface area contributed by atoms with E-state index in [1.807, 2.05) is 0 Å². The van der Waals surface area contributed by atoms with Gasteiger partial charge in [0.15, 0.2) is 12.2 Å². The zero-order chi connectivity index (χ0) is 61.9. The number of aliphatic hydroxyl groups excluding tert-OH is 1. The van der Waals surface area contributed by atoms with Gasteiger partial charge in [0, 0.05) is 25.7 Å². The second kappa shape index (κ2) is 60.0. The van der Waals surface area contributed by atoms with Gasteiger partial charge in [0.05, 0.1) is 26.4 Å². The van der Waals surface area contributed by atoms with Gasteiger partial charge in [-0.15, -0.1) is 0 Å². The van der Waals surface area contributed by atoms with E-state index in [0.717, 1.165) is 96.3 Å². The summed E-state index contributed by atoms with van der Waals surface area (Å²) in [4.78, 5) is 72.2. The van der Waals surface area contributed by atoms with E-state index in [4.69, 9.17) is 37.0 Å². The molecule has 17 nitrogen and oxygen atoms in total. The Morgan fingerprint density at radius 3 is 0.702 bits per heavy atom. The van der Waals surface area contributed by atoms with Crippen LogP contribution in [0.3, 0.4) is 0 Å². The van der Waals surface area contributed by atoms with Crippen molar-refractivity contribution in [3.8, 4) is 0 Å². The molecule has 0 aromatic rings. The predicted molar refractivity (Wildman–Crippen MR) is 335 cm³/mol. The summed E-state index contributed by atoms with van der Waals surface area (Å²) in [6, 6.07) is 0. The van der Waals surface area contributed by atoms with Crippen molar-refractivity contribution in [1.82, 2.24) is 0 Å². The van der Waals surface area contributed by atoms with Crippen LogP contribution in [-0.2, 0) is 65.4 Å². The van der Waals surface area contributed by atoms with Crippen LogP contribution in [0.1, 0.15) is 336 Å². The molecule has 0 aliphatic rings. The molecule has 0 fully saturated rings. The van der Waals surface area contributed by atoms with Gasteiger partial charge in [-0.3, -0.25) is 37.3 Å². The molecule has 19 heteroatoms. The minimum Gasteiger partial charge on any atom is -0.462 e. The molecule has 0 amide bonds. The topological polar surface area (TPSA) is 237 Å². The first kappa shape index (κ1) is 82.1. The van der Waals surface area contributed by atoms with Crippen molar-refractivity contribution in [3.05, 3.63) is 0 Å². The van der Waals surface area contributed by atoms with Crippen LogP contribution < -0.4 is 0 Å². The number of carbonyl (C=O) groups is 4. The van der Waals surface area contributed by atoms with E-state index in [0.29, 0.717) is 25.7 Å². The van der Waals surface area contributed by atoms with Crippen molar-refractivity contribution in [1.29, 1.82) is 0 Å². The fraction of sp³-hybridized carbons (Fsp3) is 0.938. The third kappa shape index (κ3) is 59.0. The summed E-state index contributed by atoms with van der Waals surface area (Å²) in [5.74, 6) is -2.13. The fourth-order valence-corrected chi connectivity index (χ4v) is 11.4. The number of phosphoric ester groups is 2. The molecule has 0 aliphatic carbocycles. The number of rotatable bonds is 66. The third-order valence-corrected chi connectivity index (χ3v) is 17.0. The molecule has 84 heavy (non-hydrogen) atoms. The lowest BCUT2D eigenvalue weighted by atomic mass is 10.0. The number of aliphatic hydroxyl groups is 1. The van der Waals surface area contributed by atoms with Gasteiger partial charge >= 0.3 is 39.5 Å². The zero-order valence-corrected chi connectivity index (χ0v) is 55.7. The van der Waals surface area contributed by atoms with Gasteiger partial charge in [-0.2, -0.15) is 0 Å². The van der Waals surface area contributed by atoms with E-state index in [-0.39, 0.29) is 25.7 Å². The number of phosphoric acid groups is 2. The van der Waals surface area contributed by atoms with Crippen molar-refractivity contribution < 1.29 is 80.2 Å². The minimum absolute atomic E-state index is 0.107. The SMILES string of the molecule is CCCCCCCCCCCCCCCCC(=O)O[C@H](COC(=O)CCCCCCCCCCCCCC)COP(=O)(O)OC[C@@H](O)COP(=O)(O)OC[C@@H](COC(=O)CCCCCCCCCC)OC(=O)CCCCCCCCCCCC. The molecule has 0 radical (unpaired) electrons. The van der Waals surface area contributed by atoms with Crippen LogP contribution in [0.5, 0.6) is 0 Å². The summed E-state index contributed by atoms with van der Waals surface area (Å²) < 4.78 is 68.0. The third-order valence-electron chi connectivity index (χ3n) is 15.1. The van der Waals surface area contributed by atoms with Gasteiger partial charge in [-0.25, -0.2) is 9.13 Å². The van der Waals surface area contributed by atoms with Crippen LogP contribution in [0, 0.1) is 0 Å². The van der Waals surface area contributed by atoms with E-state index >= 15 is 0 Å². The summed E-state index contributed by atoms with van der Waals surface area (Å²) in [6.07, 6.45) is 45.7. The molecule has 3 N–H and O–H groups in total. The maximum absolute atomic E-state index is 13.0. The quantitative estimate of drug-likeness (QED) is 0.0222. The largest absolute Gasteiger partial charge is 0.472 e. The van der Waals surface area contributed by atoms with Crippen LogP contribution in [0.2, 0.25) is 0 Å². The van der Waals surface area contributed by atoms with E-state index in [2.05, 4.69) is 27.7 Å². The Morgan fingerprint density at radius 2 is 0.476 bits per heavy atom. The molecule has 5 atom stereocenters. The van der Waals surface area contributed by atoms with Crippen molar-refractivity contribution in [3.63, 3.8) is 0 Å². The molecule has 0 spiro atoms. The smallest absolute Gasteiger partial charge is 0.462 e. The number of carbonyl (C=O) groups excluding carboxylic acids is 4. The van der Waals surface area contributed by atoms with E-state index < -0.39 is 97.5 Å². The number of unbranched alkanes of at least 4 members (excludes halogenated alkanes) is 40. The molecule has 0 aromatic carbocycles. The first-order valence-electron chi connectivity index (χ1n) is 34.3. The van der Waals surface area contributed by atoms with Crippen LogP contribution in [0.4, 0.5) is 0 Å². The minimum atomic E-state index is -4.94. The number of ether oxygens (including phenoxy) is 4. The Balaban J connectivity index is 5.22. The van der Waals surface area contributed by atoms with Gasteiger partial charge in [0.1, 0.15) is 19.3 Å². The average Bonchev–Trinajstić information content (AvgIpc) is 3.53. The summed E-state index contributed by atoms with van der Waals surface area (Å²) in [5, 5.41) is 10.5. The maximum atomic E-state index is 13.0. The molecule has 0 saturated heterocycles. The summed E-state index contributed by atoms with van der Waals surface area (Å²) in [6.45, 7) is 4.88. The molecule has 0 rings (SSSR count). The summed E-state index contributed by atoms with van der Waals surface area (Å²) >= 11 is 0. The summed E-state index contributed by atoms with van der Waals surface area (Å²) in [7, 11) is -9.88. The monoisotopic (exact) mass is 1240 g/mol. The molecule has 0 aliphatic heterocycles. The standard InChI is InChI=1S/C65H126O17P2/c1-5-9-13-17-21-25-28-30-31-33-36-40-44-48-52-65(70)82-61(56-76-63(68)50-46-42-38-35-32-29-26-22-18-14-10-6-2)58-80-84(73,74)78-54-59(66)53-77-83(71,72)79-57-60(55-75-62(67)49-45-41-37-24-20-16-12-8-4)81-64(69)51-47-43-39-34-27-23-19-15-11-7-3/h59-61,66H,5-58H2,1-4H3,(H,71,72)(H,73,74)/t59-,60+,61+/m0/s1. The second-order valence-corrected chi connectivity index (χ2v) is 26.4. The van der Waals surface area contributed by atoms with Gasteiger partial charge in [0.2, 0.25) is 0 Å². The molecular formula is C65H126O17P2. The van der Waals surface area contributed by atoms with E-state index in [1.165, 1.54) is 161 Å². The van der Waals surface area contributed by atoms with Gasteiger partial charge in [0.25, 0.3) is 0 Å². The lowest BCUT2D eigenvalue weighted by Crippen LogP contribution is -2.30. The number of esters is 4. The van der Waals surface area contributed by atoms with Crippen molar-refractivity contribution in [2.24, 2.45) is 0 Å². The van der Waals surface area contributed by atoms with E-state index in [9.17, 15) is 43.2 Å². The fourth-order valence-electron chi connectivity index (χ4n) is 9.81. The van der Waals surface area contributed by atoms with Crippen molar-refractivity contribution >= 4 is 39.5 Å². The molecule has 0 aromatic heterocycles. The van der Waals surface area contributed by atoms with Crippen LogP contribution >= 0.6 is 15.6 Å². The van der Waals surface area contributed by atoms with E-state index in [1.54, 1.807) is 0 Å². The molecule has 0 heterocycles. The highest BCUT2D eigenvalue weighted by Crippen LogP contribution is 2.45. The molecular weight excluding hydrogens is 1110 g/mol. The second-order valence-electron chi connectivity index (χ2n) is 23.5. The molecule has 2 unspecified atom stereocenters. The average molecular weight is 1240 g/mol. The van der Waals surface area contributed by atoms with Gasteiger partial charge in [-0.1, -0.05) is 285 Å². The van der Waals surface area contributed by atoms with Crippen molar-refractivity contribution in [2.45, 2.75) is 354 Å². The Kier molecular flexibility index (Phi) is 58.6. The lowest BCUT2D eigenvalue weighted by molar-refractivity contribution is -0.161. The molecule has 0 bridgehead atoms. The predicted octanol–water partition coefficient (Wildman–Crippen LogP) is 18.3. The Labute approximate surface area is 511 Å². The van der Waals surface area contributed by atoms with Gasteiger partial charge < -0.3 is 33.8 Å². The van der Waals surface area contributed by atoms with Crippen LogP contribution in [-0.4, -0.2) is 96.7 Å². The normalized spacial score (nSPS) is 14.1. The molecule has 498 valence electrons. The molecule has 0 saturated carbocycles. The summed E-state index contributed by atoms with van der Waals surface area (Å²) in [5.41, 5.74) is 0. The van der Waals surface area contributed by atoms with Gasteiger partial charge in [-0.05, 0) is 25.7 Å². The Morgan fingerprint density at radius 1 is 0.286 bits per heavy atom. The maximum Gasteiger partial charge on any atom is 0.472 e. The highest BCUT2D eigenvalue weighted by atomic mass is 31.2. The highest BCUT2D eigenvalue weighted by molar-refractivity contribution is 7.47. The van der Waals surface area contributed by atoms with Crippen LogP contribution in [0.15, 0.2) is 0 Å². The van der Waals surface area contributed by atoms with Crippen LogP contribution in [0.25, 0.3) is 0 Å². The van der Waals surface area contributed by atoms with Crippen molar-refractivity contribution in [2.75, 3.05) is 39.6 Å². The number of hydrogen-bond donors (Lipinski definition) is 3. The zero-order valence-electron chi connectivity index (χ0n) is 53.9. The highest BCUT2D eigenvalue weighted by Gasteiger charge is 2.30. The Bertz CT molecular complexity index is 1620. The lowest BCUT2D eigenvalue weighted by Gasteiger charge is -2.21. The Hall–Kier alpha value is -1.94. The first-order chi connectivity index (χ1) is 40.7.